The summed E-state index contributed by atoms with van der Waals surface area (Å²) in [6.45, 7) is 0.460. The minimum absolute atomic E-state index is 0.151. The van der Waals surface area contributed by atoms with Gasteiger partial charge in [0.1, 0.15) is 0 Å². The highest BCUT2D eigenvalue weighted by Crippen LogP contribution is 2.07. The summed E-state index contributed by atoms with van der Waals surface area (Å²) in [5, 5.41) is 6.93. The standard InChI is InChI=1S/C14H14ClN3O/c15-8-4-5-9-16-14(19)12-10-17-18(11-12)13-6-2-1-3-7-13/h1-7,10-11H,8-9H2,(H,16,19)/b5-4+. The molecule has 0 aliphatic heterocycles. The number of allylic oxidation sites excluding steroid dienone is 1. The van der Waals surface area contributed by atoms with Crippen LogP contribution in [0.25, 0.3) is 5.69 Å². The number of halogens is 1. The van der Waals surface area contributed by atoms with Gasteiger partial charge in [-0.1, -0.05) is 30.4 Å². The molecule has 1 aromatic heterocycles. The van der Waals surface area contributed by atoms with Crippen LogP contribution in [0.3, 0.4) is 0 Å². The summed E-state index contributed by atoms with van der Waals surface area (Å²) in [6.07, 6.45) is 6.85. The fourth-order valence-electron chi connectivity index (χ4n) is 1.56. The molecule has 4 nitrogen and oxygen atoms in total. The zero-order chi connectivity index (χ0) is 13.5. The third-order valence-electron chi connectivity index (χ3n) is 2.50. The van der Waals surface area contributed by atoms with E-state index in [0.717, 1.165) is 5.69 Å². The molecule has 0 saturated heterocycles. The number of para-hydroxylation sites is 1. The van der Waals surface area contributed by atoms with Gasteiger partial charge in [0.25, 0.3) is 5.91 Å². The molecule has 2 rings (SSSR count). The van der Waals surface area contributed by atoms with Crippen molar-refractivity contribution in [3.8, 4) is 5.69 Å². The predicted octanol–water partition coefficient (Wildman–Crippen LogP) is 2.40. The van der Waals surface area contributed by atoms with E-state index in [4.69, 9.17) is 11.6 Å². The van der Waals surface area contributed by atoms with Crippen LogP contribution in [0.2, 0.25) is 0 Å². The topological polar surface area (TPSA) is 46.9 Å². The first kappa shape index (κ1) is 13.4. The highest BCUT2D eigenvalue weighted by molar-refractivity contribution is 6.18. The molecule has 1 amide bonds. The number of aromatic nitrogens is 2. The van der Waals surface area contributed by atoms with Gasteiger partial charge in [-0.25, -0.2) is 4.68 Å². The molecule has 0 fully saturated rings. The van der Waals surface area contributed by atoms with Crippen LogP contribution in [0.1, 0.15) is 10.4 Å². The first-order valence-corrected chi connectivity index (χ1v) is 6.44. The average molecular weight is 276 g/mol. The number of hydrogen-bond donors (Lipinski definition) is 1. The summed E-state index contributed by atoms with van der Waals surface area (Å²) in [5.74, 6) is 0.295. The summed E-state index contributed by atoms with van der Waals surface area (Å²) in [4.78, 5) is 11.8. The summed E-state index contributed by atoms with van der Waals surface area (Å²) in [7, 11) is 0. The molecule has 0 aliphatic rings. The zero-order valence-electron chi connectivity index (χ0n) is 10.3. The van der Waals surface area contributed by atoms with Crippen molar-refractivity contribution < 1.29 is 4.79 Å². The minimum atomic E-state index is -0.151. The Balaban J connectivity index is 2.01. The van der Waals surface area contributed by atoms with E-state index in [2.05, 4.69) is 10.4 Å². The predicted molar refractivity (Wildman–Crippen MR) is 75.8 cm³/mol. The smallest absolute Gasteiger partial charge is 0.254 e. The highest BCUT2D eigenvalue weighted by atomic mass is 35.5. The number of carbonyl (C=O) groups is 1. The molecular formula is C14H14ClN3O. The maximum atomic E-state index is 11.8. The van der Waals surface area contributed by atoms with Gasteiger partial charge in [0.2, 0.25) is 0 Å². The van der Waals surface area contributed by atoms with E-state index in [-0.39, 0.29) is 5.91 Å². The molecule has 1 heterocycles. The van der Waals surface area contributed by atoms with Crippen LogP contribution in [0.5, 0.6) is 0 Å². The van der Waals surface area contributed by atoms with E-state index in [1.807, 2.05) is 36.4 Å². The van der Waals surface area contributed by atoms with Gasteiger partial charge in [0.15, 0.2) is 0 Å². The van der Waals surface area contributed by atoms with E-state index < -0.39 is 0 Å². The lowest BCUT2D eigenvalue weighted by Crippen LogP contribution is -2.22. The molecule has 1 N–H and O–H groups in total. The van der Waals surface area contributed by atoms with Crippen LogP contribution in [0, 0.1) is 0 Å². The van der Waals surface area contributed by atoms with Crippen molar-refractivity contribution >= 4 is 17.5 Å². The Kier molecular flexibility index (Phi) is 4.75. The molecule has 0 unspecified atom stereocenters. The number of carbonyl (C=O) groups excluding carboxylic acids is 1. The third kappa shape index (κ3) is 3.69. The first-order valence-electron chi connectivity index (χ1n) is 5.90. The molecule has 5 heteroatoms. The molecule has 19 heavy (non-hydrogen) atoms. The van der Waals surface area contributed by atoms with Gasteiger partial charge in [-0.2, -0.15) is 5.10 Å². The molecule has 98 valence electrons. The first-order chi connectivity index (χ1) is 9.31. The second kappa shape index (κ2) is 6.75. The van der Waals surface area contributed by atoms with Crippen molar-refractivity contribution in [3.05, 3.63) is 60.4 Å². The van der Waals surface area contributed by atoms with Crippen molar-refractivity contribution in [2.24, 2.45) is 0 Å². The number of alkyl halides is 1. The Labute approximate surface area is 116 Å². The lowest BCUT2D eigenvalue weighted by atomic mass is 10.3. The number of benzene rings is 1. The molecule has 0 aliphatic carbocycles. The number of hydrogen-bond acceptors (Lipinski definition) is 2. The van der Waals surface area contributed by atoms with E-state index in [1.165, 1.54) is 0 Å². The number of nitrogens with zero attached hydrogens (tertiary/aromatic N) is 2. The molecule has 2 aromatic rings. The Morgan fingerprint density at radius 2 is 2.11 bits per heavy atom. The Hall–Kier alpha value is -2.07. The maximum absolute atomic E-state index is 11.8. The van der Waals surface area contributed by atoms with Crippen LogP contribution in [-0.4, -0.2) is 28.1 Å². The van der Waals surface area contributed by atoms with Crippen LogP contribution in [0.15, 0.2) is 54.9 Å². The van der Waals surface area contributed by atoms with Crippen molar-refractivity contribution in [2.45, 2.75) is 0 Å². The van der Waals surface area contributed by atoms with Crippen LogP contribution in [-0.2, 0) is 0 Å². The Bertz CT molecular complexity index is 563. The van der Waals surface area contributed by atoms with Gasteiger partial charge < -0.3 is 5.32 Å². The number of nitrogens with one attached hydrogen (secondary N) is 1. The largest absolute Gasteiger partial charge is 0.348 e. The van der Waals surface area contributed by atoms with Gasteiger partial charge >= 0.3 is 0 Å². The number of rotatable bonds is 5. The Morgan fingerprint density at radius 1 is 1.32 bits per heavy atom. The van der Waals surface area contributed by atoms with Crippen molar-refractivity contribution in [1.82, 2.24) is 15.1 Å². The molecule has 0 saturated carbocycles. The normalized spacial score (nSPS) is 10.8. The lowest BCUT2D eigenvalue weighted by molar-refractivity contribution is 0.0958. The molecule has 1 aromatic carbocycles. The molecule has 0 radical (unpaired) electrons. The lowest BCUT2D eigenvalue weighted by Gasteiger charge is -2.00. The summed E-state index contributed by atoms with van der Waals surface area (Å²) in [5.41, 5.74) is 1.45. The SMILES string of the molecule is O=C(NC/C=C/CCl)c1cnn(-c2ccccc2)c1. The van der Waals surface area contributed by atoms with Crippen LogP contribution in [0.4, 0.5) is 0 Å². The van der Waals surface area contributed by atoms with Gasteiger partial charge in [-0.3, -0.25) is 4.79 Å². The Morgan fingerprint density at radius 3 is 2.84 bits per heavy atom. The van der Waals surface area contributed by atoms with E-state index >= 15 is 0 Å². The van der Waals surface area contributed by atoms with E-state index in [1.54, 1.807) is 23.2 Å². The minimum Gasteiger partial charge on any atom is -0.348 e. The summed E-state index contributed by atoms with van der Waals surface area (Å²) >= 11 is 5.49. The second-order valence-electron chi connectivity index (χ2n) is 3.84. The third-order valence-corrected chi connectivity index (χ3v) is 2.68. The van der Waals surface area contributed by atoms with Gasteiger partial charge in [-0.05, 0) is 12.1 Å². The maximum Gasteiger partial charge on any atom is 0.254 e. The molecule has 0 bridgehead atoms. The van der Waals surface area contributed by atoms with Crippen molar-refractivity contribution in [2.75, 3.05) is 12.4 Å². The monoisotopic (exact) mass is 275 g/mol. The van der Waals surface area contributed by atoms with Crippen molar-refractivity contribution in [1.29, 1.82) is 0 Å². The molecule has 0 spiro atoms. The fourth-order valence-corrected chi connectivity index (χ4v) is 1.69. The summed E-state index contributed by atoms with van der Waals surface area (Å²) in [6, 6.07) is 9.64. The van der Waals surface area contributed by atoms with Gasteiger partial charge in [0.05, 0.1) is 17.4 Å². The molecule has 0 atom stereocenters. The quantitative estimate of drug-likeness (QED) is 0.673. The fraction of sp³-hybridized carbons (Fsp3) is 0.143. The van der Waals surface area contributed by atoms with Crippen LogP contribution >= 0.6 is 11.6 Å². The summed E-state index contributed by atoms with van der Waals surface area (Å²) < 4.78 is 1.67. The van der Waals surface area contributed by atoms with Gasteiger partial charge in [-0.15, -0.1) is 11.6 Å². The average Bonchev–Trinajstić information content (AvgIpc) is 2.94. The van der Waals surface area contributed by atoms with E-state index in [0.29, 0.717) is 18.0 Å². The molecular weight excluding hydrogens is 262 g/mol. The second-order valence-corrected chi connectivity index (χ2v) is 4.15. The van der Waals surface area contributed by atoms with Crippen molar-refractivity contribution in [3.63, 3.8) is 0 Å². The van der Waals surface area contributed by atoms with E-state index in [9.17, 15) is 4.79 Å². The highest BCUT2D eigenvalue weighted by Gasteiger charge is 2.07. The number of amides is 1. The van der Waals surface area contributed by atoms with Gasteiger partial charge in [0, 0.05) is 18.6 Å². The van der Waals surface area contributed by atoms with Crippen LogP contribution < -0.4 is 5.32 Å². The zero-order valence-corrected chi connectivity index (χ0v) is 11.0.